The molecule has 4 heterocycles. The Bertz CT molecular complexity index is 6590. The van der Waals surface area contributed by atoms with Crippen molar-refractivity contribution in [2.24, 2.45) is 0 Å². The van der Waals surface area contributed by atoms with Gasteiger partial charge in [-0.3, -0.25) is 0 Å². The summed E-state index contributed by atoms with van der Waals surface area (Å²) >= 11 is 0. The molecular formula is C96H60N2O4. The highest BCUT2D eigenvalue weighted by Crippen LogP contribution is 2.49. The molecule has 0 amide bonds. The zero-order chi connectivity index (χ0) is 67.2. The molecule has 478 valence electrons. The van der Waals surface area contributed by atoms with Gasteiger partial charge in [-0.1, -0.05) is 224 Å². The summed E-state index contributed by atoms with van der Waals surface area (Å²) in [5.74, 6) is 0. The first-order valence-corrected chi connectivity index (χ1v) is 34.6. The molecule has 0 aliphatic carbocycles. The van der Waals surface area contributed by atoms with E-state index in [1.54, 1.807) is 0 Å². The molecule has 6 heteroatoms. The second kappa shape index (κ2) is 24.1. The van der Waals surface area contributed by atoms with Gasteiger partial charge in [-0.2, -0.15) is 0 Å². The van der Waals surface area contributed by atoms with Crippen LogP contribution in [0.25, 0.3) is 166 Å². The Labute approximate surface area is 587 Å². The average Bonchev–Trinajstić information content (AvgIpc) is 1.76. The maximum absolute atomic E-state index is 7.16. The maximum atomic E-state index is 7.16. The van der Waals surface area contributed by atoms with E-state index in [0.29, 0.717) is 0 Å². The van der Waals surface area contributed by atoms with Crippen molar-refractivity contribution in [3.8, 4) is 77.9 Å². The molecule has 20 aromatic rings. The zero-order valence-electron chi connectivity index (χ0n) is 55.2. The van der Waals surface area contributed by atoms with Gasteiger partial charge in [-0.15, -0.1) is 0 Å². The molecule has 4 aromatic heterocycles. The van der Waals surface area contributed by atoms with Crippen LogP contribution in [-0.2, 0) is 0 Å². The van der Waals surface area contributed by atoms with Crippen LogP contribution >= 0.6 is 0 Å². The van der Waals surface area contributed by atoms with Gasteiger partial charge in [0.15, 0.2) is 0 Å². The number of rotatable bonds is 13. The van der Waals surface area contributed by atoms with Crippen LogP contribution < -0.4 is 9.80 Å². The lowest BCUT2D eigenvalue weighted by atomic mass is 9.92. The van der Waals surface area contributed by atoms with Crippen LogP contribution in [0.1, 0.15) is 0 Å². The number of hydrogen-bond acceptors (Lipinski definition) is 6. The highest BCUT2D eigenvalue weighted by molar-refractivity contribution is 6.14. The molecule has 0 saturated carbocycles. The predicted molar refractivity (Wildman–Crippen MR) is 423 cm³/mol. The highest BCUT2D eigenvalue weighted by Gasteiger charge is 2.24. The molecule has 6 nitrogen and oxygen atoms in total. The zero-order valence-corrected chi connectivity index (χ0v) is 55.2. The third-order valence-corrected chi connectivity index (χ3v) is 20.3. The molecule has 16 aromatic carbocycles. The molecule has 0 bridgehead atoms. The van der Waals surface area contributed by atoms with E-state index in [4.69, 9.17) is 17.7 Å². The molecule has 0 radical (unpaired) electrons. The number of nitrogens with zero attached hydrogens (tertiary/aromatic N) is 2. The smallest absolute Gasteiger partial charge is 0.137 e. The monoisotopic (exact) mass is 1300 g/mol. The molecule has 102 heavy (non-hydrogen) atoms. The van der Waals surface area contributed by atoms with Crippen molar-refractivity contribution in [3.05, 3.63) is 364 Å². The van der Waals surface area contributed by atoms with Crippen molar-refractivity contribution in [2.75, 3.05) is 9.80 Å². The number of para-hydroxylation sites is 4. The third kappa shape index (κ3) is 10.2. The van der Waals surface area contributed by atoms with Gasteiger partial charge < -0.3 is 27.5 Å². The lowest BCUT2D eigenvalue weighted by molar-refractivity contribution is 0.668. The maximum Gasteiger partial charge on any atom is 0.137 e. The second-order valence-electron chi connectivity index (χ2n) is 26.3. The Balaban J connectivity index is 0.697. The van der Waals surface area contributed by atoms with Crippen LogP contribution in [0.5, 0.6) is 0 Å². The SMILES string of the molecule is c1ccc(-c2ccc(-c3ccc(N(c4ccccc4)c4cc5oc6cc(-c7cccc(N(c8ccc(-c9ccccc9)cc8)c8ccc(-c9cc%10oc%11ccccc%11c%10cc9-c9ccc%10oc%11ccccc%11c%10c9)cc8)c7)ccc6c5cc4-c4ccc5oc6ccccc6c5c4)cc3)cc2)cc1. The van der Waals surface area contributed by atoms with Crippen LogP contribution in [0, 0.1) is 0 Å². The Morgan fingerprint density at radius 2 is 0.471 bits per heavy atom. The Kier molecular flexibility index (Phi) is 13.8. The lowest BCUT2D eigenvalue weighted by Crippen LogP contribution is -2.11. The van der Waals surface area contributed by atoms with Gasteiger partial charge >= 0.3 is 0 Å². The summed E-state index contributed by atoms with van der Waals surface area (Å²) in [7, 11) is 0. The molecule has 0 unspecified atom stereocenters. The standard InChI is InChI=1S/C96H60N2O4/c1-4-17-61(18-5-1)63-31-33-64(34-32-63)66-37-46-75(47-38-66)98(72-22-8-3-9-23-72)88-60-96-87(58-83(88)71-43-52-93-85(55-71)78-26-11-14-29-90(78)100-93)80-50-41-69(56-94(80)102-96)68-21-16-24-76(53-68)97(73-44-35-65(36-45-73)62-19-6-2-7-20-62)74-48-39-67(40-49-74)82-59-95-86(79-27-12-15-30-91(79)101-95)57-81(82)70-42-51-92-84(54-70)77-25-10-13-28-89(77)99-92/h1-60H. The van der Waals surface area contributed by atoms with E-state index in [1.165, 1.54) is 11.1 Å². The summed E-state index contributed by atoms with van der Waals surface area (Å²) in [6.07, 6.45) is 0. The molecule has 0 fully saturated rings. The number of fused-ring (bicyclic) bond motifs is 12. The van der Waals surface area contributed by atoms with Crippen LogP contribution in [-0.4, -0.2) is 0 Å². The first-order valence-electron chi connectivity index (χ1n) is 34.6. The van der Waals surface area contributed by atoms with Crippen molar-refractivity contribution in [3.63, 3.8) is 0 Å². The average molecular weight is 1310 g/mol. The summed E-state index contributed by atoms with van der Waals surface area (Å²) in [6.45, 7) is 0. The normalized spacial score (nSPS) is 11.7. The third-order valence-electron chi connectivity index (χ3n) is 20.3. The van der Waals surface area contributed by atoms with Gasteiger partial charge in [0.2, 0.25) is 0 Å². The van der Waals surface area contributed by atoms with Crippen LogP contribution in [0.4, 0.5) is 34.1 Å². The summed E-state index contributed by atoms with van der Waals surface area (Å²) in [5.41, 5.74) is 28.3. The van der Waals surface area contributed by atoms with Crippen molar-refractivity contribution < 1.29 is 17.7 Å². The molecular weight excluding hydrogens is 1250 g/mol. The predicted octanol–water partition coefficient (Wildman–Crippen LogP) is 27.9. The van der Waals surface area contributed by atoms with Crippen molar-refractivity contribution in [1.82, 2.24) is 0 Å². The van der Waals surface area contributed by atoms with Gasteiger partial charge in [0.05, 0.1) is 5.69 Å². The van der Waals surface area contributed by atoms with Crippen LogP contribution in [0.2, 0.25) is 0 Å². The fourth-order valence-electron chi connectivity index (χ4n) is 15.2. The quantitative estimate of drug-likeness (QED) is 0.115. The minimum Gasteiger partial charge on any atom is -0.456 e. The second-order valence-corrected chi connectivity index (χ2v) is 26.3. The van der Waals surface area contributed by atoms with E-state index in [2.05, 4.69) is 337 Å². The number of anilines is 6. The Morgan fingerprint density at radius 1 is 0.147 bits per heavy atom. The van der Waals surface area contributed by atoms with Crippen molar-refractivity contribution >= 4 is 122 Å². The van der Waals surface area contributed by atoms with Crippen molar-refractivity contribution in [2.45, 2.75) is 0 Å². The Morgan fingerprint density at radius 3 is 1.02 bits per heavy atom. The van der Waals surface area contributed by atoms with Crippen LogP contribution in [0.3, 0.4) is 0 Å². The van der Waals surface area contributed by atoms with E-state index in [0.717, 1.165) is 189 Å². The molecule has 0 saturated heterocycles. The molecule has 0 N–H and O–H groups in total. The lowest BCUT2D eigenvalue weighted by Gasteiger charge is -2.28. The van der Waals surface area contributed by atoms with E-state index in [-0.39, 0.29) is 0 Å². The molecule has 0 spiro atoms. The van der Waals surface area contributed by atoms with Gasteiger partial charge in [0.1, 0.15) is 44.7 Å². The Hall–Kier alpha value is -13.7. The van der Waals surface area contributed by atoms with E-state index < -0.39 is 0 Å². The summed E-state index contributed by atoms with van der Waals surface area (Å²) in [5, 5.41) is 8.53. The molecule has 0 atom stereocenters. The van der Waals surface area contributed by atoms with Gasteiger partial charge in [0.25, 0.3) is 0 Å². The van der Waals surface area contributed by atoms with Crippen molar-refractivity contribution in [1.29, 1.82) is 0 Å². The molecule has 0 aliphatic rings. The number of hydrogen-bond donors (Lipinski definition) is 0. The first-order chi connectivity index (χ1) is 50.5. The number of furan rings is 4. The summed E-state index contributed by atoms with van der Waals surface area (Å²) < 4.78 is 26.5. The fourth-order valence-corrected chi connectivity index (χ4v) is 15.2. The summed E-state index contributed by atoms with van der Waals surface area (Å²) in [6, 6.07) is 130. The van der Waals surface area contributed by atoms with Gasteiger partial charge in [-0.25, -0.2) is 0 Å². The highest BCUT2D eigenvalue weighted by atomic mass is 16.3. The van der Waals surface area contributed by atoms with Crippen LogP contribution in [0.15, 0.2) is 382 Å². The minimum atomic E-state index is 0.784. The number of benzene rings is 16. The summed E-state index contributed by atoms with van der Waals surface area (Å²) in [4.78, 5) is 4.71. The van der Waals surface area contributed by atoms with Gasteiger partial charge in [-0.05, 0) is 206 Å². The minimum absolute atomic E-state index is 0.784. The largest absolute Gasteiger partial charge is 0.456 e. The van der Waals surface area contributed by atoms with E-state index >= 15 is 0 Å². The first kappa shape index (κ1) is 58.5. The van der Waals surface area contributed by atoms with E-state index in [1.807, 2.05) is 36.4 Å². The van der Waals surface area contributed by atoms with Gasteiger partial charge in [0, 0.05) is 83.2 Å². The topological polar surface area (TPSA) is 59.0 Å². The molecule has 0 aliphatic heterocycles. The fraction of sp³-hybridized carbons (Fsp3) is 0. The van der Waals surface area contributed by atoms with E-state index in [9.17, 15) is 0 Å². The molecule has 20 rings (SSSR count).